The summed E-state index contributed by atoms with van der Waals surface area (Å²) in [5.74, 6) is -1.91. The molecule has 152 valence electrons. The van der Waals surface area contributed by atoms with E-state index in [0.29, 0.717) is 6.10 Å². The molecule has 1 spiro atoms. The second-order valence-corrected chi connectivity index (χ2v) is 7.22. The van der Waals surface area contributed by atoms with Gasteiger partial charge in [-0.1, -0.05) is 0 Å². The highest BCUT2D eigenvalue weighted by atomic mass is 19.4. The van der Waals surface area contributed by atoms with E-state index in [9.17, 15) is 13.2 Å². The van der Waals surface area contributed by atoms with Crippen molar-refractivity contribution in [1.29, 1.82) is 0 Å². The fourth-order valence-electron chi connectivity index (χ4n) is 3.74. The van der Waals surface area contributed by atoms with Crippen LogP contribution in [0.15, 0.2) is 0 Å². The van der Waals surface area contributed by atoms with Gasteiger partial charge in [-0.2, -0.15) is 13.2 Å². The molecule has 9 heteroatoms. The van der Waals surface area contributed by atoms with Crippen LogP contribution in [0.4, 0.5) is 13.2 Å². The molecule has 0 radical (unpaired) electrons. The number of likely N-dealkylation sites (tertiary alicyclic amines) is 1. The van der Waals surface area contributed by atoms with Gasteiger partial charge in [0.05, 0.1) is 18.3 Å². The van der Waals surface area contributed by atoms with Crippen molar-refractivity contribution >= 4 is 5.97 Å². The molecule has 1 atom stereocenters. The average Bonchev–Trinajstić information content (AvgIpc) is 3.01. The molecule has 3 aliphatic heterocycles. The van der Waals surface area contributed by atoms with Crippen LogP contribution in [0.2, 0.25) is 0 Å². The van der Waals surface area contributed by atoms with Gasteiger partial charge in [0.15, 0.2) is 0 Å². The Morgan fingerprint density at radius 1 is 1.27 bits per heavy atom. The molecule has 3 aliphatic rings. The summed E-state index contributed by atoms with van der Waals surface area (Å²) in [6.45, 7) is 6.34. The van der Waals surface area contributed by atoms with Crippen LogP contribution < -0.4 is 0 Å². The van der Waals surface area contributed by atoms with Crippen LogP contribution in [-0.4, -0.2) is 80.4 Å². The molecule has 3 heterocycles. The van der Waals surface area contributed by atoms with E-state index in [1.54, 1.807) is 7.11 Å². The molecule has 1 unspecified atom stereocenters. The average molecular weight is 383 g/mol. The van der Waals surface area contributed by atoms with Crippen LogP contribution in [0.25, 0.3) is 0 Å². The molecule has 0 aromatic rings. The van der Waals surface area contributed by atoms with Gasteiger partial charge in [-0.25, -0.2) is 4.79 Å². The van der Waals surface area contributed by atoms with Gasteiger partial charge < -0.3 is 24.2 Å². The van der Waals surface area contributed by atoms with Gasteiger partial charge >= 0.3 is 12.1 Å². The maximum Gasteiger partial charge on any atom is 0.490 e. The third-order valence-electron chi connectivity index (χ3n) is 5.38. The van der Waals surface area contributed by atoms with Crippen molar-refractivity contribution in [3.05, 3.63) is 0 Å². The summed E-state index contributed by atoms with van der Waals surface area (Å²) >= 11 is 0. The molecule has 6 nitrogen and oxygen atoms in total. The third kappa shape index (κ3) is 6.37. The van der Waals surface area contributed by atoms with Crippen LogP contribution in [-0.2, 0) is 19.0 Å². The van der Waals surface area contributed by atoms with E-state index in [-0.39, 0.29) is 5.60 Å². The van der Waals surface area contributed by atoms with E-state index < -0.39 is 12.1 Å². The van der Waals surface area contributed by atoms with Crippen molar-refractivity contribution in [2.75, 3.05) is 46.6 Å². The number of carbonyl (C=O) groups is 1. The zero-order valence-electron chi connectivity index (χ0n) is 15.1. The lowest BCUT2D eigenvalue weighted by atomic mass is 9.87. The fraction of sp³-hybridized carbons (Fsp3) is 0.941. The smallest absolute Gasteiger partial charge is 0.475 e. The maximum absolute atomic E-state index is 10.6. The van der Waals surface area contributed by atoms with E-state index in [0.717, 1.165) is 32.2 Å². The predicted octanol–water partition coefficient (Wildman–Crippen LogP) is 2.32. The number of carboxylic acid groups (broad SMARTS) is 1. The molecule has 3 fully saturated rings. The predicted molar refractivity (Wildman–Crippen MR) is 87.0 cm³/mol. The summed E-state index contributed by atoms with van der Waals surface area (Å²) in [6, 6.07) is 0. The third-order valence-corrected chi connectivity index (χ3v) is 5.38. The first kappa shape index (κ1) is 21.4. The number of carboxylic acids is 1. The van der Waals surface area contributed by atoms with Gasteiger partial charge in [0.1, 0.15) is 0 Å². The number of ether oxygens (including phenoxy) is 3. The first-order chi connectivity index (χ1) is 12.2. The van der Waals surface area contributed by atoms with Crippen LogP contribution in [0.5, 0.6) is 0 Å². The minimum Gasteiger partial charge on any atom is -0.475 e. The largest absolute Gasteiger partial charge is 0.490 e. The van der Waals surface area contributed by atoms with Crippen molar-refractivity contribution in [2.45, 2.75) is 50.0 Å². The summed E-state index contributed by atoms with van der Waals surface area (Å²) in [4.78, 5) is 11.5. The lowest BCUT2D eigenvalue weighted by molar-refractivity contribution is -0.192. The Hall–Kier alpha value is -0.900. The van der Waals surface area contributed by atoms with Crippen molar-refractivity contribution in [3.63, 3.8) is 0 Å². The second-order valence-electron chi connectivity index (χ2n) is 7.22. The molecule has 1 N–H and O–H groups in total. The lowest BCUT2D eigenvalue weighted by Gasteiger charge is -2.40. The minimum absolute atomic E-state index is 0.132. The summed E-state index contributed by atoms with van der Waals surface area (Å²) in [6.07, 6.45) is 1.16. The number of rotatable bonds is 3. The summed E-state index contributed by atoms with van der Waals surface area (Å²) in [5, 5.41) is 7.12. The van der Waals surface area contributed by atoms with E-state index in [1.807, 2.05) is 0 Å². The maximum atomic E-state index is 10.6. The highest BCUT2D eigenvalue weighted by Crippen LogP contribution is 2.37. The molecule has 3 rings (SSSR count). The summed E-state index contributed by atoms with van der Waals surface area (Å²) < 4.78 is 48.7. The van der Waals surface area contributed by atoms with E-state index in [2.05, 4.69) is 4.90 Å². The SMILES string of the molecule is COC1COC2(CCN(CC3CCOCC3)CC2)C1.O=C(O)C(F)(F)F. The molecule has 0 aromatic carbocycles. The fourth-order valence-corrected chi connectivity index (χ4v) is 3.74. The number of hydrogen-bond donors (Lipinski definition) is 1. The normalized spacial score (nSPS) is 27.2. The topological polar surface area (TPSA) is 68.2 Å². The molecule has 0 aromatic heterocycles. The molecular weight excluding hydrogens is 355 g/mol. The van der Waals surface area contributed by atoms with Crippen LogP contribution in [0.1, 0.15) is 32.1 Å². The molecule has 0 saturated carbocycles. The van der Waals surface area contributed by atoms with Gasteiger partial charge in [-0.05, 0) is 31.6 Å². The first-order valence-electron chi connectivity index (χ1n) is 9.01. The Bertz CT molecular complexity index is 446. The van der Waals surface area contributed by atoms with Crippen LogP contribution >= 0.6 is 0 Å². The van der Waals surface area contributed by atoms with Crippen LogP contribution in [0.3, 0.4) is 0 Å². The monoisotopic (exact) mass is 383 g/mol. The standard InChI is InChI=1S/C15H27NO3.C2HF3O2/c1-17-14-10-15(19-12-14)4-6-16(7-5-15)11-13-2-8-18-9-3-13;3-2(4,5)1(6)7/h13-14H,2-12H2,1H3;(H,6,7). The minimum atomic E-state index is -5.08. The number of nitrogens with zero attached hydrogens (tertiary/aromatic N) is 1. The number of methoxy groups -OCH3 is 1. The van der Waals surface area contributed by atoms with Gasteiger partial charge in [0, 0.05) is 46.4 Å². The van der Waals surface area contributed by atoms with E-state index in [1.165, 1.54) is 45.3 Å². The number of alkyl halides is 3. The van der Waals surface area contributed by atoms with Crippen molar-refractivity contribution in [2.24, 2.45) is 5.92 Å². The molecule has 26 heavy (non-hydrogen) atoms. The Kier molecular flexibility index (Phi) is 7.69. The Balaban J connectivity index is 0.000000298. The first-order valence-corrected chi connectivity index (χ1v) is 9.01. The number of halogens is 3. The van der Waals surface area contributed by atoms with E-state index >= 15 is 0 Å². The zero-order chi connectivity index (χ0) is 19.2. The van der Waals surface area contributed by atoms with Gasteiger partial charge in [0.2, 0.25) is 0 Å². The quantitative estimate of drug-likeness (QED) is 0.807. The Labute approximate surface area is 151 Å². The summed E-state index contributed by atoms with van der Waals surface area (Å²) in [7, 11) is 1.80. The van der Waals surface area contributed by atoms with Gasteiger partial charge in [0.25, 0.3) is 0 Å². The molecule has 3 saturated heterocycles. The van der Waals surface area contributed by atoms with Crippen molar-refractivity contribution in [3.8, 4) is 0 Å². The van der Waals surface area contributed by atoms with Gasteiger partial charge in [-0.15, -0.1) is 0 Å². The highest BCUT2D eigenvalue weighted by molar-refractivity contribution is 5.73. The summed E-state index contributed by atoms with van der Waals surface area (Å²) in [5.41, 5.74) is 0.132. The lowest BCUT2D eigenvalue weighted by Crippen LogP contribution is -2.46. The highest BCUT2D eigenvalue weighted by Gasteiger charge is 2.43. The van der Waals surface area contributed by atoms with Crippen molar-refractivity contribution < 1.29 is 37.3 Å². The Morgan fingerprint density at radius 2 is 1.85 bits per heavy atom. The molecular formula is C17H28F3NO5. The number of hydrogen-bond acceptors (Lipinski definition) is 5. The number of piperidine rings is 1. The molecule has 0 aliphatic carbocycles. The Morgan fingerprint density at radius 3 is 2.31 bits per heavy atom. The van der Waals surface area contributed by atoms with Crippen LogP contribution in [0, 0.1) is 5.92 Å². The van der Waals surface area contributed by atoms with E-state index in [4.69, 9.17) is 24.1 Å². The second kappa shape index (κ2) is 9.34. The van der Waals surface area contributed by atoms with Gasteiger partial charge in [-0.3, -0.25) is 0 Å². The molecule has 0 amide bonds. The number of aliphatic carboxylic acids is 1. The zero-order valence-corrected chi connectivity index (χ0v) is 15.1. The molecule has 0 bridgehead atoms. The van der Waals surface area contributed by atoms with Crippen molar-refractivity contribution in [1.82, 2.24) is 4.90 Å².